The van der Waals surface area contributed by atoms with Gasteiger partial charge in [0, 0.05) is 32.3 Å². The first-order chi connectivity index (χ1) is 11.0. The summed E-state index contributed by atoms with van der Waals surface area (Å²) in [4.78, 5) is 17.7. The van der Waals surface area contributed by atoms with Crippen molar-refractivity contribution in [2.75, 3.05) is 18.4 Å². The van der Waals surface area contributed by atoms with Crippen LogP contribution in [0.5, 0.6) is 0 Å². The van der Waals surface area contributed by atoms with E-state index >= 15 is 0 Å². The number of likely N-dealkylation sites (tertiary alicyclic amines) is 1. The molecule has 0 spiro atoms. The lowest BCUT2D eigenvalue weighted by Gasteiger charge is -2.21. The van der Waals surface area contributed by atoms with E-state index in [1.807, 2.05) is 19.3 Å². The summed E-state index contributed by atoms with van der Waals surface area (Å²) in [6, 6.07) is 6.10. The molecule has 0 saturated carbocycles. The van der Waals surface area contributed by atoms with Crippen LogP contribution in [0.1, 0.15) is 24.6 Å². The molecule has 0 bridgehead atoms. The van der Waals surface area contributed by atoms with Gasteiger partial charge in [-0.25, -0.2) is 4.98 Å². The summed E-state index contributed by atoms with van der Waals surface area (Å²) in [6.07, 6.45) is 5.74. The van der Waals surface area contributed by atoms with Crippen molar-refractivity contribution in [2.45, 2.75) is 18.9 Å². The summed E-state index contributed by atoms with van der Waals surface area (Å²) in [5.74, 6) is 0.271. The van der Waals surface area contributed by atoms with E-state index < -0.39 is 0 Å². The maximum Gasteiger partial charge on any atom is 0.280 e. The highest BCUT2D eigenvalue weighted by Crippen LogP contribution is 2.22. The van der Waals surface area contributed by atoms with Crippen molar-refractivity contribution < 1.29 is 9.69 Å². The van der Waals surface area contributed by atoms with Gasteiger partial charge >= 0.3 is 0 Å². The van der Waals surface area contributed by atoms with Crippen LogP contribution in [0.25, 0.3) is 0 Å². The summed E-state index contributed by atoms with van der Waals surface area (Å²) < 4.78 is 2.13. The molecule has 1 fully saturated rings. The maximum absolute atomic E-state index is 12.3. The number of aromatic nitrogens is 2. The zero-order valence-electron chi connectivity index (χ0n) is 12.9. The smallest absolute Gasteiger partial charge is 0.280 e. The monoisotopic (exact) mass is 353 g/mol. The molecule has 23 heavy (non-hydrogen) atoms. The Bertz CT molecular complexity index is 716. The zero-order valence-corrected chi connectivity index (χ0v) is 14.4. The minimum Gasteiger partial charge on any atom is -0.350 e. The van der Waals surface area contributed by atoms with Gasteiger partial charge in [-0.2, -0.15) is 0 Å². The number of quaternary nitrogens is 1. The van der Waals surface area contributed by atoms with Gasteiger partial charge in [0.15, 0.2) is 12.4 Å². The first-order valence-electron chi connectivity index (χ1n) is 7.61. The van der Waals surface area contributed by atoms with Crippen molar-refractivity contribution in [3.63, 3.8) is 0 Å². The summed E-state index contributed by atoms with van der Waals surface area (Å²) in [6.45, 7) is 1.39. The quantitative estimate of drug-likeness (QED) is 0.884. The fraction of sp³-hybridized carbons (Fsp3) is 0.375. The second kappa shape index (κ2) is 6.91. The van der Waals surface area contributed by atoms with Crippen LogP contribution in [0.15, 0.2) is 30.6 Å². The Kier molecular flexibility index (Phi) is 4.90. The number of nitrogens with one attached hydrogen (secondary N) is 2. The zero-order chi connectivity index (χ0) is 16.4. The van der Waals surface area contributed by atoms with Crippen molar-refractivity contribution in [3.05, 3.63) is 46.3 Å². The lowest BCUT2D eigenvalue weighted by atomic mass is 10.1. The number of rotatable bonds is 4. The Morgan fingerprint density at radius 1 is 1.52 bits per heavy atom. The molecule has 0 radical (unpaired) electrons. The number of amides is 1. The number of hydrogen-bond donors (Lipinski definition) is 2. The SMILES string of the molecule is Cn1cccc1[C@H]1CCC[NH+]1CC(=O)Nc1ncc(Cl)cc1Cl. The average Bonchev–Trinajstić information content (AvgIpc) is 3.10. The van der Waals surface area contributed by atoms with Gasteiger partial charge < -0.3 is 14.8 Å². The van der Waals surface area contributed by atoms with Gasteiger partial charge in [0.1, 0.15) is 6.04 Å². The molecule has 1 saturated heterocycles. The predicted octanol–water partition coefficient (Wildman–Crippen LogP) is 2.09. The third kappa shape index (κ3) is 3.68. The van der Waals surface area contributed by atoms with Gasteiger partial charge in [-0.05, 0) is 18.2 Å². The lowest BCUT2D eigenvalue weighted by Crippen LogP contribution is -3.11. The second-order valence-corrected chi connectivity index (χ2v) is 6.70. The number of aryl methyl sites for hydroxylation is 1. The molecule has 122 valence electrons. The standard InChI is InChI=1S/C16H18Cl2N4O/c1-21-6-2-4-13(21)14-5-3-7-22(14)10-15(23)20-16-12(18)8-11(17)9-19-16/h2,4,6,8-9,14H,3,5,7,10H2,1H3,(H,19,20,23)/p+1/t14-/m1/s1. The fourth-order valence-electron chi connectivity index (χ4n) is 3.21. The molecule has 2 N–H and O–H groups in total. The van der Waals surface area contributed by atoms with Crippen molar-refractivity contribution in [1.29, 1.82) is 0 Å². The van der Waals surface area contributed by atoms with Crippen LogP contribution in [-0.2, 0) is 11.8 Å². The first-order valence-corrected chi connectivity index (χ1v) is 8.37. The van der Waals surface area contributed by atoms with E-state index in [-0.39, 0.29) is 5.91 Å². The number of carbonyl (C=O) groups excluding carboxylic acids is 1. The van der Waals surface area contributed by atoms with E-state index in [1.165, 1.54) is 16.8 Å². The molecule has 1 aliphatic rings. The Morgan fingerprint density at radius 3 is 3.04 bits per heavy atom. The summed E-state index contributed by atoms with van der Waals surface area (Å²) in [5.41, 5.74) is 1.27. The average molecular weight is 354 g/mol. The van der Waals surface area contributed by atoms with E-state index in [9.17, 15) is 4.79 Å². The summed E-state index contributed by atoms with van der Waals surface area (Å²) in [7, 11) is 2.04. The normalized spacial score (nSPS) is 20.7. The molecule has 0 aliphatic carbocycles. The molecule has 2 aromatic rings. The van der Waals surface area contributed by atoms with Crippen LogP contribution in [0.3, 0.4) is 0 Å². The van der Waals surface area contributed by atoms with Crippen LogP contribution in [0.2, 0.25) is 10.0 Å². The van der Waals surface area contributed by atoms with Gasteiger partial charge in [-0.15, -0.1) is 0 Å². The Morgan fingerprint density at radius 2 is 2.35 bits per heavy atom. The Balaban J connectivity index is 1.66. The highest BCUT2D eigenvalue weighted by molar-refractivity contribution is 6.36. The molecule has 1 aliphatic heterocycles. The molecule has 0 aromatic carbocycles. The van der Waals surface area contributed by atoms with Gasteiger partial charge in [0.25, 0.3) is 5.91 Å². The third-order valence-corrected chi connectivity index (χ3v) is 4.77. The Labute approximate surface area is 145 Å². The lowest BCUT2D eigenvalue weighted by molar-refractivity contribution is -0.910. The van der Waals surface area contributed by atoms with Crippen molar-refractivity contribution in [1.82, 2.24) is 9.55 Å². The maximum atomic E-state index is 12.3. The molecule has 3 rings (SSSR count). The van der Waals surface area contributed by atoms with Crippen LogP contribution in [0, 0.1) is 0 Å². The molecule has 2 atom stereocenters. The summed E-state index contributed by atoms with van der Waals surface area (Å²) in [5, 5.41) is 3.57. The molecular weight excluding hydrogens is 335 g/mol. The van der Waals surface area contributed by atoms with E-state index in [0.29, 0.717) is 28.4 Å². The first kappa shape index (κ1) is 16.3. The molecule has 1 amide bonds. The van der Waals surface area contributed by atoms with E-state index in [1.54, 1.807) is 6.07 Å². The van der Waals surface area contributed by atoms with Crippen LogP contribution >= 0.6 is 23.2 Å². The highest BCUT2D eigenvalue weighted by atomic mass is 35.5. The van der Waals surface area contributed by atoms with Gasteiger partial charge in [-0.1, -0.05) is 23.2 Å². The molecule has 1 unspecified atom stereocenters. The van der Waals surface area contributed by atoms with E-state index in [2.05, 4.69) is 20.9 Å². The number of halogens is 2. The molecule has 3 heterocycles. The molecular formula is C16H19Cl2N4O+. The van der Waals surface area contributed by atoms with Crippen molar-refractivity contribution in [2.24, 2.45) is 7.05 Å². The fourth-order valence-corrected chi connectivity index (χ4v) is 3.63. The highest BCUT2D eigenvalue weighted by Gasteiger charge is 2.33. The number of carbonyl (C=O) groups is 1. The number of pyridine rings is 1. The van der Waals surface area contributed by atoms with Gasteiger partial charge in [0.05, 0.1) is 22.3 Å². The second-order valence-electron chi connectivity index (χ2n) is 5.86. The van der Waals surface area contributed by atoms with Crippen molar-refractivity contribution in [3.8, 4) is 0 Å². The summed E-state index contributed by atoms with van der Waals surface area (Å²) >= 11 is 11.9. The van der Waals surface area contributed by atoms with Crippen LogP contribution < -0.4 is 10.2 Å². The minimum absolute atomic E-state index is 0.0853. The van der Waals surface area contributed by atoms with E-state index in [0.717, 1.165) is 19.4 Å². The molecule has 5 nitrogen and oxygen atoms in total. The topological polar surface area (TPSA) is 51.4 Å². The van der Waals surface area contributed by atoms with Crippen LogP contribution in [0.4, 0.5) is 5.82 Å². The van der Waals surface area contributed by atoms with Gasteiger partial charge in [0.2, 0.25) is 0 Å². The van der Waals surface area contributed by atoms with Crippen LogP contribution in [-0.4, -0.2) is 28.5 Å². The molecule has 2 aromatic heterocycles. The number of nitrogens with zero attached hydrogens (tertiary/aromatic N) is 2. The number of hydrogen-bond acceptors (Lipinski definition) is 2. The Hall–Kier alpha value is -1.56. The molecule has 7 heteroatoms. The van der Waals surface area contributed by atoms with Gasteiger partial charge in [-0.3, -0.25) is 4.79 Å². The van der Waals surface area contributed by atoms with Crippen molar-refractivity contribution >= 4 is 34.9 Å². The predicted molar refractivity (Wildman–Crippen MR) is 91.0 cm³/mol. The van der Waals surface area contributed by atoms with E-state index in [4.69, 9.17) is 23.2 Å². The minimum atomic E-state index is -0.0853. The number of anilines is 1. The largest absolute Gasteiger partial charge is 0.350 e. The third-order valence-electron chi connectivity index (χ3n) is 4.28.